The molecule has 0 radical (unpaired) electrons. The van der Waals surface area contributed by atoms with Crippen LogP contribution in [0, 0.1) is 6.92 Å². The van der Waals surface area contributed by atoms with Gasteiger partial charge in [-0.2, -0.15) is 0 Å². The lowest BCUT2D eigenvalue weighted by Crippen LogP contribution is -2.22. The van der Waals surface area contributed by atoms with Gasteiger partial charge in [0.25, 0.3) is 0 Å². The first-order chi connectivity index (χ1) is 11.2. The molecule has 2 atom stereocenters. The summed E-state index contributed by atoms with van der Waals surface area (Å²) in [6, 6.07) is 15.8. The van der Waals surface area contributed by atoms with Crippen LogP contribution in [0.15, 0.2) is 48.5 Å². The van der Waals surface area contributed by atoms with E-state index in [0.717, 1.165) is 41.7 Å². The summed E-state index contributed by atoms with van der Waals surface area (Å²) in [4.78, 5) is 0. The van der Waals surface area contributed by atoms with Gasteiger partial charge in [-0.25, -0.2) is 0 Å². The van der Waals surface area contributed by atoms with Crippen LogP contribution in [0.1, 0.15) is 47.6 Å². The first kappa shape index (κ1) is 16.2. The van der Waals surface area contributed by atoms with Crippen LogP contribution >= 0.6 is 0 Å². The van der Waals surface area contributed by atoms with Crippen molar-refractivity contribution in [1.29, 1.82) is 0 Å². The quantitative estimate of drug-likeness (QED) is 0.902. The topological polar surface area (TPSA) is 38.7 Å². The molecule has 1 aliphatic rings. The molecule has 122 valence electrons. The lowest BCUT2D eigenvalue weighted by molar-refractivity contribution is -0.168. The number of hydrogen-bond donors (Lipinski definition) is 1. The summed E-state index contributed by atoms with van der Waals surface area (Å²) in [5.74, 6) is 0. The van der Waals surface area contributed by atoms with Crippen LogP contribution in [0.2, 0.25) is 0 Å². The van der Waals surface area contributed by atoms with Crippen molar-refractivity contribution in [3.8, 4) is 0 Å². The smallest absolute Gasteiger partial charge is 0.158 e. The number of hydrogen-bond acceptors (Lipinski definition) is 3. The Morgan fingerprint density at radius 2 is 2.00 bits per heavy atom. The van der Waals surface area contributed by atoms with E-state index in [1.807, 2.05) is 49.4 Å². The molecule has 3 heteroatoms. The molecule has 0 amide bonds. The summed E-state index contributed by atoms with van der Waals surface area (Å²) in [7, 11) is 0. The van der Waals surface area contributed by atoms with Crippen molar-refractivity contribution in [2.45, 2.75) is 45.2 Å². The highest BCUT2D eigenvalue weighted by molar-refractivity contribution is 5.37. The van der Waals surface area contributed by atoms with E-state index in [0.29, 0.717) is 6.61 Å². The zero-order valence-corrected chi connectivity index (χ0v) is 13.6. The molecule has 1 fully saturated rings. The maximum atomic E-state index is 10.5. The molecule has 3 nitrogen and oxygen atoms in total. The van der Waals surface area contributed by atoms with Gasteiger partial charge < -0.3 is 14.6 Å². The summed E-state index contributed by atoms with van der Waals surface area (Å²) >= 11 is 0. The molecule has 2 unspecified atom stereocenters. The summed E-state index contributed by atoms with van der Waals surface area (Å²) in [6.07, 6.45) is 2.62. The van der Waals surface area contributed by atoms with E-state index in [2.05, 4.69) is 6.07 Å². The van der Waals surface area contributed by atoms with Crippen molar-refractivity contribution in [3.05, 3.63) is 70.8 Å². The van der Waals surface area contributed by atoms with Gasteiger partial charge in [0, 0.05) is 6.61 Å². The molecule has 0 aliphatic carbocycles. The second kappa shape index (κ2) is 7.73. The van der Waals surface area contributed by atoms with Crippen molar-refractivity contribution in [2.75, 3.05) is 6.61 Å². The van der Waals surface area contributed by atoms with E-state index >= 15 is 0 Å². The number of ether oxygens (including phenoxy) is 2. The maximum absolute atomic E-state index is 10.5. The second-order valence-electron chi connectivity index (χ2n) is 6.11. The Balaban J connectivity index is 1.65. The van der Waals surface area contributed by atoms with Crippen LogP contribution in [0.3, 0.4) is 0 Å². The Kier molecular flexibility index (Phi) is 5.44. The van der Waals surface area contributed by atoms with Crippen molar-refractivity contribution in [2.24, 2.45) is 0 Å². The van der Waals surface area contributed by atoms with E-state index in [4.69, 9.17) is 9.47 Å². The first-order valence-corrected chi connectivity index (χ1v) is 8.29. The van der Waals surface area contributed by atoms with E-state index in [-0.39, 0.29) is 6.29 Å². The van der Waals surface area contributed by atoms with Gasteiger partial charge >= 0.3 is 0 Å². The molecule has 2 aromatic carbocycles. The fraction of sp³-hybridized carbons (Fsp3) is 0.400. The molecule has 0 saturated carbocycles. The Morgan fingerprint density at radius 3 is 2.70 bits per heavy atom. The average molecular weight is 312 g/mol. The summed E-state index contributed by atoms with van der Waals surface area (Å²) in [6.45, 7) is 3.38. The molecule has 0 bridgehead atoms. The molecule has 0 aromatic heterocycles. The monoisotopic (exact) mass is 312 g/mol. The second-order valence-corrected chi connectivity index (χ2v) is 6.11. The van der Waals surface area contributed by atoms with Crippen LogP contribution in [0.25, 0.3) is 0 Å². The molecule has 0 spiro atoms. The molecule has 3 rings (SSSR count). The van der Waals surface area contributed by atoms with Crippen LogP contribution < -0.4 is 0 Å². The summed E-state index contributed by atoms with van der Waals surface area (Å²) in [5.41, 5.74) is 4.04. The third kappa shape index (κ3) is 4.20. The van der Waals surface area contributed by atoms with Gasteiger partial charge in [-0.05, 0) is 48.4 Å². The molecule has 1 aliphatic heterocycles. The van der Waals surface area contributed by atoms with Gasteiger partial charge in [0.15, 0.2) is 6.29 Å². The lowest BCUT2D eigenvalue weighted by atomic mass is 9.96. The minimum atomic E-state index is -0.590. The highest BCUT2D eigenvalue weighted by Gasteiger charge is 2.15. The zero-order valence-electron chi connectivity index (χ0n) is 13.6. The van der Waals surface area contributed by atoms with Gasteiger partial charge in [0.2, 0.25) is 0 Å². The van der Waals surface area contributed by atoms with E-state index in [9.17, 15) is 5.11 Å². The SMILES string of the molecule is Cc1cc(COC2CCCCO2)ccc1C(O)c1ccccc1. The van der Waals surface area contributed by atoms with Gasteiger partial charge in [0.05, 0.1) is 6.61 Å². The Hall–Kier alpha value is -1.68. The number of rotatable bonds is 5. The van der Waals surface area contributed by atoms with Crippen molar-refractivity contribution >= 4 is 0 Å². The summed E-state index contributed by atoms with van der Waals surface area (Å²) < 4.78 is 11.4. The molecule has 23 heavy (non-hydrogen) atoms. The minimum Gasteiger partial charge on any atom is -0.384 e. The molecular formula is C20H24O3. The largest absolute Gasteiger partial charge is 0.384 e. The van der Waals surface area contributed by atoms with Crippen molar-refractivity contribution < 1.29 is 14.6 Å². The molecule has 1 N–H and O–H groups in total. The van der Waals surface area contributed by atoms with Crippen LogP contribution in [0.4, 0.5) is 0 Å². The number of aliphatic hydroxyl groups is 1. The zero-order chi connectivity index (χ0) is 16.1. The normalized spacial score (nSPS) is 19.5. The third-order valence-corrected chi connectivity index (χ3v) is 4.32. The fourth-order valence-electron chi connectivity index (χ4n) is 2.98. The molecule has 1 saturated heterocycles. The van der Waals surface area contributed by atoms with E-state index in [1.165, 1.54) is 6.42 Å². The standard InChI is InChI=1S/C20H24O3/c1-15-13-16(14-23-19-9-5-6-12-22-19)10-11-18(15)20(21)17-7-3-2-4-8-17/h2-4,7-8,10-11,13,19-21H,5-6,9,12,14H2,1H3. The minimum absolute atomic E-state index is 0.0707. The molecule has 2 aromatic rings. The van der Waals surface area contributed by atoms with Crippen molar-refractivity contribution in [1.82, 2.24) is 0 Å². The lowest BCUT2D eigenvalue weighted by Gasteiger charge is -2.23. The number of aliphatic hydroxyl groups excluding tert-OH is 1. The van der Waals surface area contributed by atoms with E-state index in [1.54, 1.807) is 0 Å². The summed E-state index contributed by atoms with van der Waals surface area (Å²) in [5, 5.41) is 10.5. The van der Waals surface area contributed by atoms with Gasteiger partial charge in [-0.15, -0.1) is 0 Å². The fourth-order valence-corrected chi connectivity index (χ4v) is 2.98. The van der Waals surface area contributed by atoms with Crippen LogP contribution in [0.5, 0.6) is 0 Å². The Morgan fingerprint density at radius 1 is 1.17 bits per heavy atom. The Labute approximate surface area is 137 Å². The molecular weight excluding hydrogens is 288 g/mol. The highest BCUT2D eigenvalue weighted by atomic mass is 16.7. The van der Waals surface area contributed by atoms with E-state index < -0.39 is 6.10 Å². The number of aryl methyl sites for hydroxylation is 1. The van der Waals surface area contributed by atoms with Crippen LogP contribution in [-0.2, 0) is 16.1 Å². The molecule has 1 heterocycles. The third-order valence-electron chi connectivity index (χ3n) is 4.32. The average Bonchev–Trinajstić information content (AvgIpc) is 2.61. The van der Waals surface area contributed by atoms with Gasteiger partial charge in [0.1, 0.15) is 6.10 Å². The van der Waals surface area contributed by atoms with Crippen molar-refractivity contribution in [3.63, 3.8) is 0 Å². The predicted octanol–water partition coefficient (Wildman–Crippen LogP) is 4.12. The Bertz CT molecular complexity index is 618. The maximum Gasteiger partial charge on any atom is 0.158 e. The van der Waals surface area contributed by atoms with Gasteiger partial charge in [-0.3, -0.25) is 0 Å². The van der Waals surface area contributed by atoms with Crippen LogP contribution in [-0.4, -0.2) is 18.0 Å². The predicted molar refractivity (Wildman–Crippen MR) is 90.1 cm³/mol. The van der Waals surface area contributed by atoms with Gasteiger partial charge in [-0.1, -0.05) is 48.5 Å². The first-order valence-electron chi connectivity index (χ1n) is 8.29. The number of benzene rings is 2. The highest BCUT2D eigenvalue weighted by Crippen LogP contribution is 2.26.